The number of nitrogens with one attached hydrogen (secondary N) is 1. The molecule has 2 heterocycles. The van der Waals surface area contributed by atoms with Crippen LogP contribution in [0.15, 0.2) is 24.4 Å². The first-order valence-corrected chi connectivity index (χ1v) is 8.79. The number of nitrogens with zero attached hydrogens (tertiary/aromatic N) is 1. The molecule has 22 heavy (non-hydrogen) atoms. The first-order chi connectivity index (χ1) is 10.7. The summed E-state index contributed by atoms with van der Waals surface area (Å²) in [5.41, 5.74) is 8.65. The van der Waals surface area contributed by atoms with Crippen molar-refractivity contribution in [2.45, 2.75) is 32.1 Å². The lowest BCUT2D eigenvalue weighted by Gasteiger charge is -2.35. The summed E-state index contributed by atoms with van der Waals surface area (Å²) in [7, 11) is 0. The zero-order valence-electron chi connectivity index (χ0n) is 13.3. The number of hydrogen-bond donors (Lipinski definition) is 2. The van der Waals surface area contributed by atoms with E-state index in [1.807, 2.05) is 6.07 Å². The van der Waals surface area contributed by atoms with Crippen molar-refractivity contribution in [2.24, 2.45) is 11.7 Å². The normalized spacial score (nSPS) is 18.9. The van der Waals surface area contributed by atoms with Gasteiger partial charge in [0.25, 0.3) is 0 Å². The summed E-state index contributed by atoms with van der Waals surface area (Å²) in [6, 6.07) is 6.06. The van der Waals surface area contributed by atoms with Gasteiger partial charge < -0.3 is 15.6 Å². The van der Waals surface area contributed by atoms with E-state index >= 15 is 0 Å². The molecule has 0 amide bonds. The molecule has 1 aliphatic heterocycles. The van der Waals surface area contributed by atoms with E-state index in [2.05, 4.69) is 35.1 Å². The van der Waals surface area contributed by atoms with E-state index in [9.17, 15) is 0 Å². The molecule has 3 nitrogen and oxygen atoms in total. The monoisotopic (exact) mass is 319 g/mol. The Hall–Kier alpha value is -1.03. The molecule has 0 aliphatic carbocycles. The van der Waals surface area contributed by atoms with Crippen LogP contribution in [0.25, 0.3) is 10.9 Å². The van der Waals surface area contributed by atoms with Crippen LogP contribution in [-0.2, 0) is 0 Å². The molecule has 0 saturated carbocycles. The van der Waals surface area contributed by atoms with Crippen molar-refractivity contribution in [3.63, 3.8) is 0 Å². The molecule has 1 aromatic carbocycles. The molecule has 2 aromatic rings. The van der Waals surface area contributed by atoms with Crippen molar-refractivity contribution < 1.29 is 0 Å². The minimum atomic E-state index is 0.427. The smallest absolute Gasteiger partial charge is 0.0457 e. The van der Waals surface area contributed by atoms with E-state index < -0.39 is 0 Å². The maximum atomic E-state index is 6.18. The predicted molar refractivity (Wildman–Crippen MR) is 94.6 cm³/mol. The fraction of sp³-hybridized carbons (Fsp3) is 0.556. The standard InChI is InChI=1S/C18H26ClN3/c1-2-7-22-8-5-13(6-9-22)16(11-20)17-12-21-18-4-3-14(19)10-15(17)18/h3-4,10,12-13,16,21H,2,5-9,11,20H2,1H3. The second-order valence-electron chi connectivity index (χ2n) is 6.46. The maximum absolute atomic E-state index is 6.18. The first-order valence-electron chi connectivity index (χ1n) is 8.42. The van der Waals surface area contributed by atoms with Gasteiger partial charge in [0.2, 0.25) is 0 Å². The van der Waals surface area contributed by atoms with Crippen molar-refractivity contribution in [2.75, 3.05) is 26.2 Å². The molecule has 1 unspecified atom stereocenters. The summed E-state index contributed by atoms with van der Waals surface area (Å²) in [4.78, 5) is 5.95. The first kappa shape index (κ1) is 15.9. The second-order valence-corrected chi connectivity index (χ2v) is 6.89. The number of hydrogen-bond acceptors (Lipinski definition) is 2. The Morgan fingerprint density at radius 2 is 2.14 bits per heavy atom. The summed E-state index contributed by atoms with van der Waals surface area (Å²) < 4.78 is 0. The quantitative estimate of drug-likeness (QED) is 0.875. The molecule has 0 radical (unpaired) electrons. The molecule has 1 aliphatic rings. The van der Waals surface area contributed by atoms with Crippen molar-refractivity contribution in [1.29, 1.82) is 0 Å². The number of halogens is 1. The van der Waals surface area contributed by atoms with Gasteiger partial charge in [0, 0.05) is 28.0 Å². The Bertz CT molecular complexity index is 614. The molecule has 4 heteroatoms. The molecule has 1 fully saturated rings. The highest BCUT2D eigenvalue weighted by Crippen LogP contribution is 2.36. The van der Waals surface area contributed by atoms with E-state index in [1.165, 1.54) is 49.8 Å². The molecule has 3 N–H and O–H groups in total. The SMILES string of the molecule is CCCN1CCC(C(CN)c2c[nH]c3ccc(Cl)cc23)CC1. The summed E-state index contributed by atoms with van der Waals surface area (Å²) >= 11 is 6.18. The number of H-pyrrole nitrogens is 1. The van der Waals surface area contributed by atoms with Gasteiger partial charge in [0.1, 0.15) is 0 Å². The Morgan fingerprint density at radius 3 is 2.82 bits per heavy atom. The van der Waals surface area contributed by atoms with Crippen LogP contribution < -0.4 is 5.73 Å². The summed E-state index contributed by atoms with van der Waals surface area (Å²) in [5, 5.41) is 2.03. The van der Waals surface area contributed by atoms with Gasteiger partial charge in [-0.25, -0.2) is 0 Å². The number of nitrogens with two attached hydrogens (primary N) is 1. The van der Waals surface area contributed by atoms with Gasteiger partial charge in [0.05, 0.1) is 0 Å². The number of aromatic amines is 1. The van der Waals surface area contributed by atoms with Crippen LogP contribution in [0.1, 0.15) is 37.7 Å². The van der Waals surface area contributed by atoms with Crippen LogP contribution in [-0.4, -0.2) is 36.1 Å². The highest BCUT2D eigenvalue weighted by molar-refractivity contribution is 6.31. The molecule has 1 atom stereocenters. The lowest BCUT2D eigenvalue weighted by molar-refractivity contribution is 0.170. The number of piperidine rings is 1. The van der Waals surface area contributed by atoms with Crippen LogP contribution in [0.4, 0.5) is 0 Å². The van der Waals surface area contributed by atoms with Gasteiger partial charge in [0.15, 0.2) is 0 Å². The van der Waals surface area contributed by atoms with E-state index in [0.717, 1.165) is 10.5 Å². The summed E-state index contributed by atoms with van der Waals surface area (Å²) in [6.07, 6.45) is 5.87. The molecule has 0 spiro atoms. The molecule has 1 saturated heterocycles. The van der Waals surface area contributed by atoms with Gasteiger partial charge in [-0.15, -0.1) is 0 Å². The fourth-order valence-corrected chi connectivity index (χ4v) is 4.06. The lowest BCUT2D eigenvalue weighted by atomic mass is 9.80. The maximum Gasteiger partial charge on any atom is 0.0457 e. The van der Waals surface area contributed by atoms with Crippen molar-refractivity contribution in [1.82, 2.24) is 9.88 Å². The molecular weight excluding hydrogens is 294 g/mol. The van der Waals surface area contributed by atoms with E-state index in [1.54, 1.807) is 0 Å². The van der Waals surface area contributed by atoms with Crippen molar-refractivity contribution >= 4 is 22.5 Å². The average Bonchev–Trinajstić information content (AvgIpc) is 2.93. The number of aromatic nitrogens is 1. The number of rotatable bonds is 5. The lowest BCUT2D eigenvalue weighted by Crippen LogP contribution is -2.37. The van der Waals surface area contributed by atoms with Gasteiger partial charge >= 0.3 is 0 Å². The van der Waals surface area contributed by atoms with Gasteiger partial charge in [-0.1, -0.05) is 18.5 Å². The predicted octanol–water partition coefficient (Wildman–Crippen LogP) is 3.99. The zero-order valence-corrected chi connectivity index (χ0v) is 14.1. The van der Waals surface area contributed by atoms with Gasteiger partial charge in [-0.3, -0.25) is 0 Å². The Morgan fingerprint density at radius 1 is 1.36 bits per heavy atom. The largest absolute Gasteiger partial charge is 0.361 e. The van der Waals surface area contributed by atoms with Gasteiger partial charge in [-0.2, -0.15) is 0 Å². The third-order valence-electron chi connectivity index (χ3n) is 5.07. The molecule has 0 bridgehead atoms. The van der Waals surface area contributed by atoms with Crippen LogP contribution in [0, 0.1) is 5.92 Å². The second kappa shape index (κ2) is 7.03. The third kappa shape index (κ3) is 3.17. The molecule has 3 rings (SSSR count). The van der Waals surface area contributed by atoms with Crippen LogP contribution >= 0.6 is 11.6 Å². The summed E-state index contributed by atoms with van der Waals surface area (Å²) in [6.45, 7) is 6.60. The number of fused-ring (bicyclic) bond motifs is 1. The third-order valence-corrected chi connectivity index (χ3v) is 5.31. The van der Waals surface area contributed by atoms with Gasteiger partial charge in [-0.05, 0) is 75.1 Å². The van der Waals surface area contributed by atoms with E-state index in [4.69, 9.17) is 17.3 Å². The minimum absolute atomic E-state index is 0.427. The number of benzene rings is 1. The van der Waals surface area contributed by atoms with Crippen LogP contribution in [0.3, 0.4) is 0 Å². The Kier molecular flexibility index (Phi) is 5.07. The van der Waals surface area contributed by atoms with Crippen molar-refractivity contribution in [3.05, 3.63) is 35.0 Å². The number of likely N-dealkylation sites (tertiary alicyclic amines) is 1. The molecule has 120 valence electrons. The summed E-state index contributed by atoms with van der Waals surface area (Å²) in [5.74, 6) is 1.10. The van der Waals surface area contributed by atoms with Crippen molar-refractivity contribution in [3.8, 4) is 0 Å². The van der Waals surface area contributed by atoms with Crippen LogP contribution in [0.5, 0.6) is 0 Å². The topological polar surface area (TPSA) is 45.0 Å². The Balaban J connectivity index is 1.80. The fourth-order valence-electron chi connectivity index (χ4n) is 3.89. The molecule has 1 aromatic heterocycles. The molecular formula is C18H26ClN3. The Labute approximate surface area is 137 Å². The highest BCUT2D eigenvalue weighted by Gasteiger charge is 2.28. The van der Waals surface area contributed by atoms with E-state index in [-0.39, 0.29) is 0 Å². The zero-order chi connectivity index (χ0) is 15.5. The average molecular weight is 320 g/mol. The highest BCUT2D eigenvalue weighted by atomic mass is 35.5. The van der Waals surface area contributed by atoms with Crippen LogP contribution in [0.2, 0.25) is 5.02 Å². The minimum Gasteiger partial charge on any atom is -0.361 e. The van der Waals surface area contributed by atoms with E-state index in [0.29, 0.717) is 18.4 Å².